The molecular formula is C15H19FO2. The van der Waals surface area contributed by atoms with Gasteiger partial charge in [0.15, 0.2) is 0 Å². The van der Waals surface area contributed by atoms with Crippen molar-refractivity contribution in [1.82, 2.24) is 0 Å². The van der Waals surface area contributed by atoms with Gasteiger partial charge in [-0.3, -0.25) is 0 Å². The maximum atomic E-state index is 13.1. The van der Waals surface area contributed by atoms with Gasteiger partial charge >= 0.3 is 0 Å². The monoisotopic (exact) mass is 250 g/mol. The number of aliphatic hydroxyl groups is 1. The second-order valence-electron chi connectivity index (χ2n) is 5.51. The molecule has 0 radical (unpaired) electrons. The Bertz CT molecular complexity index is 440. The molecule has 2 aliphatic rings. The molecule has 1 saturated heterocycles. The van der Waals surface area contributed by atoms with E-state index in [9.17, 15) is 9.50 Å². The van der Waals surface area contributed by atoms with Crippen LogP contribution < -0.4 is 0 Å². The minimum absolute atomic E-state index is 0.211. The Hall–Kier alpha value is -0.930. The highest BCUT2D eigenvalue weighted by atomic mass is 19.1. The largest absolute Gasteiger partial charge is 0.385 e. The van der Waals surface area contributed by atoms with E-state index in [1.165, 1.54) is 6.07 Å². The maximum absolute atomic E-state index is 13.1. The summed E-state index contributed by atoms with van der Waals surface area (Å²) in [4.78, 5) is 0. The van der Waals surface area contributed by atoms with Crippen LogP contribution in [0.1, 0.15) is 43.2 Å². The van der Waals surface area contributed by atoms with E-state index in [0.717, 1.165) is 49.8 Å². The number of hydrogen-bond donors (Lipinski definition) is 1. The zero-order chi connectivity index (χ0) is 12.6. The lowest BCUT2D eigenvalue weighted by Crippen LogP contribution is -2.24. The summed E-state index contributed by atoms with van der Waals surface area (Å²) in [7, 11) is 0. The summed E-state index contributed by atoms with van der Waals surface area (Å²) in [5.41, 5.74) is 1.11. The van der Waals surface area contributed by atoms with Crippen LogP contribution in [0.2, 0.25) is 0 Å². The number of hydrogen-bond acceptors (Lipinski definition) is 2. The van der Waals surface area contributed by atoms with Crippen LogP contribution in [-0.2, 0) is 16.8 Å². The highest BCUT2D eigenvalue weighted by Gasteiger charge is 2.37. The van der Waals surface area contributed by atoms with Crippen LogP contribution in [0.5, 0.6) is 0 Å². The van der Waals surface area contributed by atoms with Crippen LogP contribution in [0.3, 0.4) is 0 Å². The molecule has 98 valence electrons. The number of halogens is 1. The number of ether oxygens (including phenoxy) is 1. The second kappa shape index (κ2) is 4.63. The van der Waals surface area contributed by atoms with Crippen molar-refractivity contribution >= 4 is 0 Å². The Kier molecular flexibility index (Phi) is 3.12. The van der Waals surface area contributed by atoms with E-state index in [-0.39, 0.29) is 5.82 Å². The topological polar surface area (TPSA) is 29.5 Å². The summed E-state index contributed by atoms with van der Waals surface area (Å²) in [6, 6.07) is 4.74. The van der Waals surface area contributed by atoms with Crippen molar-refractivity contribution in [2.45, 2.75) is 50.2 Å². The number of fused-ring (bicyclic) bond motifs is 1. The number of aryl methyl sites for hydroxylation is 1. The summed E-state index contributed by atoms with van der Waals surface area (Å²) < 4.78 is 18.7. The van der Waals surface area contributed by atoms with Gasteiger partial charge in [-0.25, -0.2) is 4.39 Å². The normalized spacial score (nSPS) is 30.7. The highest BCUT2D eigenvalue weighted by molar-refractivity contribution is 5.37. The average Bonchev–Trinajstić information content (AvgIpc) is 2.96. The lowest BCUT2D eigenvalue weighted by molar-refractivity contribution is 0.00812. The van der Waals surface area contributed by atoms with Gasteiger partial charge in [0, 0.05) is 6.61 Å². The maximum Gasteiger partial charge on any atom is 0.123 e. The predicted octanol–water partition coefficient (Wildman–Crippen LogP) is 2.92. The molecule has 1 N–H and O–H groups in total. The third-order valence-electron chi connectivity index (χ3n) is 4.28. The molecule has 2 unspecified atom stereocenters. The molecule has 0 amide bonds. The minimum Gasteiger partial charge on any atom is -0.385 e. The van der Waals surface area contributed by atoms with Crippen molar-refractivity contribution < 1.29 is 14.2 Å². The Morgan fingerprint density at radius 1 is 1.44 bits per heavy atom. The molecule has 1 aromatic carbocycles. The molecule has 0 bridgehead atoms. The summed E-state index contributed by atoms with van der Waals surface area (Å²) >= 11 is 0. The van der Waals surface area contributed by atoms with Crippen LogP contribution >= 0.6 is 0 Å². The lowest BCUT2D eigenvalue weighted by Gasteiger charge is -2.25. The molecule has 1 aliphatic carbocycles. The van der Waals surface area contributed by atoms with Gasteiger partial charge in [-0.2, -0.15) is 0 Å². The summed E-state index contributed by atoms with van der Waals surface area (Å²) in [6.45, 7) is 0.852. The molecule has 18 heavy (non-hydrogen) atoms. The van der Waals surface area contributed by atoms with Gasteiger partial charge in [-0.1, -0.05) is 6.07 Å². The van der Waals surface area contributed by atoms with Gasteiger partial charge in [-0.05, 0) is 61.8 Å². The SMILES string of the molecule is OC1(CCC2CCCO2)CCc2cc(F)ccc21. The molecule has 0 saturated carbocycles. The molecular weight excluding hydrogens is 231 g/mol. The van der Waals surface area contributed by atoms with Gasteiger partial charge in [0.1, 0.15) is 5.82 Å². The number of rotatable bonds is 3. The van der Waals surface area contributed by atoms with Crippen LogP contribution in [-0.4, -0.2) is 17.8 Å². The van der Waals surface area contributed by atoms with Crippen molar-refractivity contribution in [3.8, 4) is 0 Å². The smallest absolute Gasteiger partial charge is 0.123 e. The molecule has 3 rings (SSSR count). The van der Waals surface area contributed by atoms with E-state index in [1.54, 1.807) is 12.1 Å². The molecule has 3 heteroatoms. The van der Waals surface area contributed by atoms with Gasteiger partial charge in [0.05, 0.1) is 11.7 Å². The Morgan fingerprint density at radius 2 is 2.33 bits per heavy atom. The molecule has 2 atom stereocenters. The molecule has 0 spiro atoms. The van der Waals surface area contributed by atoms with Gasteiger partial charge in [0.2, 0.25) is 0 Å². The summed E-state index contributed by atoms with van der Waals surface area (Å²) in [5.74, 6) is -0.211. The Balaban J connectivity index is 1.72. The van der Waals surface area contributed by atoms with Crippen molar-refractivity contribution in [3.05, 3.63) is 35.1 Å². The first-order chi connectivity index (χ1) is 8.67. The van der Waals surface area contributed by atoms with E-state index < -0.39 is 5.60 Å². The predicted molar refractivity (Wildman–Crippen MR) is 66.8 cm³/mol. The van der Waals surface area contributed by atoms with Crippen molar-refractivity contribution in [1.29, 1.82) is 0 Å². The minimum atomic E-state index is -0.769. The van der Waals surface area contributed by atoms with E-state index in [2.05, 4.69) is 0 Å². The van der Waals surface area contributed by atoms with Crippen LogP contribution in [0.25, 0.3) is 0 Å². The first-order valence-electron chi connectivity index (χ1n) is 6.80. The Morgan fingerprint density at radius 3 is 3.11 bits per heavy atom. The van der Waals surface area contributed by atoms with Crippen LogP contribution in [0.15, 0.2) is 18.2 Å². The van der Waals surface area contributed by atoms with E-state index in [0.29, 0.717) is 12.5 Å². The first kappa shape index (κ1) is 12.1. The lowest BCUT2D eigenvalue weighted by atomic mass is 9.89. The quantitative estimate of drug-likeness (QED) is 0.893. The third kappa shape index (κ3) is 2.17. The third-order valence-corrected chi connectivity index (χ3v) is 4.28. The molecule has 1 fully saturated rings. The van der Waals surface area contributed by atoms with E-state index in [4.69, 9.17) is 4.74 Å². The fraction of sp³-hybridized carbons (Fsp3) is 0.600. The molecule has 1 aromatic rings. The van der Waals surface area contributed by atoms with Crippen LogP contribution in [0, 0.1) is 5.82 Å². The van der Waals surface area contributed by atoms with Crippen molar-refractivity contribution in [2.24, 2.45) is 0 Å². The summed E-state index contributed by atoms with van der Waals surface area (Å²) in [6.07, 6.45) is 5.63. The van der Waals surface area contributed by atoms with Crippen molar-refractivity contribution in [2.75, 3.05) is 6.61 Å². The van der Waals surface area contributed by atoms with Crippen molar-refractivity contribution in [3.63, 3.8) is 0 Å². The Labute approximate surface area is 107 Å². The summed E-state index contributed by atoms with van der Waals surface area (Å²) in [5, 5.41) is 10.7. The first-order valence-corrected chi connectivity index (χ1v) is 6.80. The van der Waals surface area contributed by atoms with Gasteiger partial charge in [0.25, 0.3) is 0 Å². The fourth-order valence-corrected chi connectivity index (χ4v) is 3.23. The molecule has 1 heterocycles. The second-order valence-corrected chi connectivity index (χ2v) is 5.51. The molecule has 0 aromatic heterocycles. The van der Waals surface area contributed by atoms with Crippen LogP contribution in [0.4, 0.5) is 4.39 Å². The number of benzene rings is 1. The zero-order valence-corrected chi connectivity index (χ0v) is 10.5. The van der Waals surface area contributed by atoms with Gasteiger partial charge < -0.3 is 9.84 Å². The average molecular weight is 250 g/mol. The van der Waals surface area contributed by atoms with E-state index in [1.807, 2.05) is 0 Å². The van der Waals surface area contributed by atoms with E-state index >= 15 is 0 Å². The van der Waals surface area contributed by atoms with Gasteiger partial charge in [-0.15, -0.1) is 0 Å². The zero-order valence-electron chi connectivity index (χ0n) is 10.5. The molecule has 2 nitrogen and oxygen atoms in total. The standard InChI is InChI=1S/C15H19FO2/c16-12-3-4-14-11(10-12)5-7-15(14,17)8-6-13-2-1-9-18-13/h3-4,10,13,17H,1-2,5-9H2. The highest BCUT2D eigenvalue weighted by Crippen LogP contribution is 2.41. The fourth-order valence-electron chi connectivity index (χ4n) is 3.23. The molecule has 1 aliphatic heterocycles.